The van der Waals surface area contributed by atoms with E-state index in [0.717, 1.165) is 42.6 Å². The molecule has 84 heavy (non-hydrogen) atoms. The smallest absolute Gasteiger partial charge is 0.198 e. The zero-order valence-corrected chi connectivity index (χ0v) is 50.8. The van der Waals surface area contributed by atoms with Gasteiger partial charge in [-0.3, -0.25) is 0 Å². The molecule has 12 rings (SSSR count). The van der Waals surface area contributed by atoms with E-state index >= 15 is 0 Å². The summed E-state index contributed by atoms with van der Waals surface area (Å²) in [5.41, 5.74) is 15.2. The van der Waals surface area contributed by atoms with E-state index in [0.29, 0.717) is 35.2 Å². The Kier molecular flexibility index (Phi) is 20.4. The summed E-state index contributed by atoms with van der Waals surface area (Å²) in [6.45, 7) is 21.7. The van der Waals surface area contributed by atoms with E-state index in [2.05, 4.69) is 213 Å². The molecule has 0 saturated heterocycles. The maximum absolute atomic E-state index is 9.35. The third kappa shape index (κ3) is 14.6. The van der Waals surface area contributed by atoms with Crippen molar-refractivity contribution in [2.75, 3.05) is 0 Å². The van der Waals surface area contributed by atoms with Gasteiger partial charge in [-0.2, -0.15) is 0 Å². The van der Waals surface area contributed by atoms with Gasteiger partial charge in [0.2, 0.25) is 0 Å². The molecule has 0 aliphatic heterocycles. The van der Waals surface area contributed by atoms with Crippen molar-refractivity contribution in [2.24, 2.45) is 0 Å². The molecule has 0 saturated carbocycles. The van der Waals surface area contributed by atoms with Crippen molar-refractivity contribution >= 4 is 21.5 Å². The highest BCUT2D eigenvalue weighted by atomic mass is 16.7. The average Bonchev–Trinajstić information content (AvgIpc) is 3.49. The SMILES string of the molecule is CCC(C)c1ccc(O)cc1.CCC(C)c1ccc(OC(C)OC2c3ccccc3-c3ccccc32)cc1.CCC(C)c1ccc2cc(O)ccc2c1.CCC(C)c1ccc2cc(OC(C)OC3c4ccccc4-c4ccccc43)ccc2c1. The van der Waals surface area contributed by atoms with E-state index < -0.39 is 0 Å². The summed E-state index contributed by atoms with van der Waals surface area (Å²) in [5.74, 6) is 4.68. The lowest BCUT2D eigenvalue weighted by Crippen LogP contribution is -2.19. The molecule has 0 amide bonds. The van der Waals surface area contributed by atoms with Crippen LogP contribution in [0, 0.1) is 0 Å². The van der Waals surface area contributed by atoms with Gasteiger partial charge in [-0.05, 0) is 200 Å². The predicted octanol–water partition coefficient (Wildman–Crippen LogP) is 21.5. The quantitative estimate of drug-likeness (QED) is 0.0939. The molecule has 0 bridgehead atoms. The number of rotatable bonds is 16. The van der Waals surface area contributed by atoms with Gasteiger partial charge in [0.15, 0.2) is 12.6 Å². The summed E-state index contributed by atoms with van der Waals surface area (Å²) in [4.78, 5) is 0. The van der Waals surface area contributed by atoms with E-state index in [1.165, 1.54) is 82.9 Å². The Labute approximate surface area is 499 Å². The number of phenols is 2. The molecule has 2 aliphatic carbocycles. The number of fused-ring (bicyclic) bond motifs is 8. The van der Waals surface area contributed by atoms with Crippen molar-refractivity contribution in [3.05, 3.63) is 263 Å². The van der Waals surface area contributed by atoms with Crippen LogP contribution in [0.25, 0.3) is 43.8 Å². The minimum atomic E-state index is -0.374. The first-order valence-electron chi connectivity index (χ1n) is 30.4. The highest BCUT2D eigenvalue weighted by Crippen LogP contribution is 2.47. The van der Waals surface area contributed by atoms with Crippen LogP contribution < -0.4 is 9.47 Å². The summed E-state index contributed by atoms with van der Waals surface area (Å²) >= 11 is 0. The van der Waals surface area contributed by atoms with E-state index in [1.54, 1.807) is 24.3 Å². The first-order chi connectivity index (χ1) is 40.7. The van der Waals surface area contributed by atoms with Crippen LogP contribution in [0.5, 0.6) is 23.0 Å². The second-order valence-electron chi connectivity index (χ2n) is 22.7. The Morgan fingerprint density at radius 2 is 0.607 bits per heavy atom. The van der Waals surface area contributed by atoms with Crippen LogP contribution in [0.2, 0.25) is 0 Å². The fourth-order valence-electron chi connectivity index (χ4n) is 11.1. The van der Waals surface area contributed by atoms with E-state index in [-0.39, 0.29) is 24.8 Å². The number of aromatic hydroxyl groups is 2. The van der Waals surface area contributed by atoms with Gasteiger partial charge in [-0.1, -0.05) is 225 Å². The summed E-state index contributed by atoms with van der Waals surface area (Å²) < 4.78 is 25.0. The molecule has 2 N–H and O–H groups in total. The molecule has 6 nitrogen and oxygen atoms in total. The van der Waals surface area contributed by atoms with Gasteiger partial charge in [0.25, 0.3) is 0 Å². The van der Waals surface area contributed by atoms with Gasteiger partial charge in [-0.15, -0.1) is 0 Å². The lowest BCUT2D eigenvalue weighted by molar-refractivity contribution is -0.0948. The van der Waals surface area contributed by atoms with Gasteiger partial charge >= 0.3 is 0 Å². The molecule has 0 aromatic heterocycles. The van der Waals surface area contributed by atoms with Crippen molar-refractivity contribution in [3.8, 4) is 45.3 Å². The third-order valence-electron chi connectivity index (χ3n) is 17.0. The van der Waals surface area contributed by atoms with Gasteiger partial charge in [0, 0.05) is 0 Å². The van der Waals surface area contributed by atoms with Crippen LogP contribution in [0.15, 0.2) is 218 Å². The number of phenolic OH excluding ortho intramolecular Hbond substituents is 2. The highest BCUT2D eigenvalue weighted by molar-refractivity contribution is 5.86. The van der Waals surface area contributed by atoms with Gasteiger partial charge in [0.05, 0.1) is 0 Å². The Bertz CT molecular complexity index is 3640. The molecule has 6 unspecified atom stereocenters. The second kappa shape index (κ2) is 28.4. The largest absolute Gasteiger partial charge is 0.508 e. The fraction of sp³-hybridized carbons (Fsp3) is 0.282. The van der Waals surface area contributed by atoms with Gasteiger partial charge < -0.3 is 29.2 Å². The summed E-state index contributed by atoms with van der Waals surface area (Å²) in [6.07, 6.45) is 3.67. The molecule has 0 radical (unpaired) electrons. The van der Waals surface area contributed by atoms with Crippen molar-refractivity contribution in [3.63, 3.8) is 0 Å². The van der Waals surface area contributed by atoms with Gasteiger partial charge in [-0.25, -0.2) is 0 Å². The summed E-state index contributed by atoms with van der Waals surface area (Å²) in [7, 11) is 0. The van der Waals surface area contributed by atoms with E-state index in [4.69, 9.17) is 24.1 Å². The van der Waals surface area contributed by atoms with Crippen LogP contribution in [-0.2, 0) is 9.47 Å². The zero-order valence-electron chi connectivity index (χ0n) is 50.8. The molecular weight excluding hydrogens is 1030 g/mol. The molecule has 10 aromatic rings. The van der Waals surface area contributed by atoms with Crippen LogP contribution in [0.4, 0.5) is 0 Å². The van der Waals surface area contributed by atoms with Crippen molar-refractivity contribution in [1.29, 1.82) is 0 Å². The van der Waals surface area contributed by atoms with Crippen molar-refractivity contribution in [1.82, 2.24) is 0 Å². The number of hydrogen-bond donors (Lipinski definition) is 2. The van der Waals surface area contributed by atoms with Crippen LogP contribution >= 0.6 is 0 Å². The molecule has 0 spiro atoms. The molecule has 6 heteroatoms. The van der Waals surface area contributed by atoms with Crippen LogP contribution in [0.1, 0.15) is 175 Å². The third-order valence-corrected chi connectivity index (χ3v) is 17.0. The predicted molar refractivity (Wildman–Crippen MR) is 349 cm³/mol. The summed E-state index contributed by atoms with van der Waals surface area (Å²) in [5, 5.41) is 23.1. The average molecular weight is 1120 g/mol. The molecule has 0 fully saturated rings. The lowest BCUT2D eigenvalue weighted by Gasteiger charge is -2.22. The second-order valence-corrected chi connectivity index (χ2v) is 22.7. The minimum Gasteiger partial charge on any atom is -0.508 e. The fourth-order valence-corrected chi connectivity index (χ4v) is 11.1. The van der Waals surface area contributed by atoms with Crippen molar-refractivity contribution < 1.29 is 29.2 Å². The normalized spacial score (nSPS) is 14.3. The van der Waals surface area contributed by atoms with E-state index in [1.807, 2.05) is 50.2 Å². The molecule has 10 aromatic carbocycles. The number of benzene rings is 10. The maximum Gasteiger partial charge on any atom is 0.198 e. The number of hydrogen-bond acceptors (Lipinski definition) is 6. The van der Waals surface area contributed by atoms with Crippen molar-refractivity contribution in [2.45, 2.75) is 143 Å². The first-order valence-corrected chi connectivity index (χ1v) is 30.4. The lowest BCUT2D eigenvalue weighted by atomic mass is 9.96. The Morgan fingerprint density at radius 3 is 1.02 bits per heavy atom. The molecule has 6 atom stereocenters. The Balaban J connectivity index is 0.000000144. The number of ether oxygens (including phenoxy) is 4. The summed E-state index contributed by atoms with van der Waals surface area (Å²) in [6, 6.07) is 74.6. The Morgan fingerprint density at radius 1 is 0.310 bits per heavy atom. The van der Waals surface area contributed by atoms with Gasteiger partial charge in [0.1, 0.15) is 35.2 Å². The standard InChI is InChI=1S/C29H28O2.C25H26O2.C14H16O.C10H14O/c1-4-19(2)21-13-14-23-18-24(16-15-22(23)17-21)30-20(3)31-29-27-11-7-5-9-25(27)26-10-6-8-12-28(26)29;1-4-17(2)19-13-15-20(16-14-19)26-18(3)27-25-23-11-7-5-9-21(23)22-10-6-8-12-24(22)25;1-3-10(2)11-4-5-13-9-14(15)7-6-12(13)8-11;1-3-8(2)9-4-6-10(11)7-5-9/h5-20,29H,4H2,1-3H3;5-18,25H,4H2,1-3H3;4-10,15H,3H2,1-2H3;4-8,11H,3H2,1-2H3. The first kappa shape index (κ1) is 60.4. The molecular formula is C78H84O6. The highest BCUT2D eigenvalue weighted by Gasteiger charge is 2.32. The molecule has 2 aliphatic rings. The minimum absolute atomic E-state index is 0.0909. The molecule has 432 valence electrons. The van der Waals surface area contributed by atoms with Crippen LogP contribution in [-0.4, -0.2) is 22.8 Å². The maximum atomic E-state index is 9.35. The van der Waals surface area contributed by atoms with E-state index in [9.17, 15) is 5.11 Å². The topological polar surface area (TPSA) is 77.4 Å². The zero-order chi connectivity index (χ0) is 59.3. The monoisotopic (exact) mass is 1120 g/mol. The molecule has 0 heterocycles. The Hall–Kier alpha value is -8.16. The van der Waals surface area contributed by atoms with Crippen LogP contribution in [0.3, 0.4) is 0 Å².